The third-order valence-corrected chi connectivity index (χ3v) is 3.11. The van der Waals surface area contributed by atoms with Gasteiger partial charge in [0.1, 0.15) is 0 Å². The van der Waals surface area contributed by atoms with E-state index < -0.39 is 0 Å². The van der Waals surface area contributed by atoms with Gasteiger partial charge in [-0.05, 0) is 36.1 Å². The van der Waals surface area contributed by atoms with Crippen LogP contribution in [-0.2, 0) is 13.0 Å². The van der Waals surface area contributed by atoms with E-state index in [9.17, 15) is 0 Å². The quantitative estimate of drug-likeness (QED) is 0.774. The molecule has 2 rings (SSSR count). The van der Waals surface area contributed by atoms with Crippen molar-refractivity contribution in [1.82, 2.24) is 0 Å². The van der Waals surface area contributed by atoms with E-state index in [-0.39, 0.29) is 0 Å². The van der Waals surface area contributed by atoms with Crippen LogP contribution in [0.5, 0.6) is 0 Å². The minimum absolute atomic E-state index is 0.887. The van der Waals surface area contributed by atoms with Crippen LogP contribution >= 0.6 is 0 Å². The lowest BCUT2D eigenvalue weighted by Gasteiger charge is -2.07. The molecule has 94 valence electrons. The second kappa shape index (κ2) is 6.85. The number of aryl methyl sites for hydroxylation is 1. The van der Waals surface area contributed by atoms with Crippen LogP contribution in [0.3, 0.4) is 0 Å². The molecule has 0 saturated heterocycles. The number of rotatable bonds is 6. The average Bonchev–Trinajstić information content (AvgIpc) is 2.45. The molecule has 1 heteroatoms. The minimum atomic E-state index is 0.887. The molecule has 2 aromatic carbocycles. The summed E-state index contributed by atoms with van der Waals surface area (Å²) in [4.78, 5) is 0. The topological polar surface area (TPSA) is 12.0 Å². The molecule has 1 nitrogen and oxygen atoms in total. The van der Waals surface area contributed by atoms with Crippen LogP contribution in [0.25, 0.3) is 0 Å². The summed E-state index contributed by atoms with van der Waals surface area (Å²) in [5.74, 6) is 0. The third-order valence-electron chi connectivity index (χ3n) is 3.11. The highest BCUT2D eigenvalue weighted by Crippen LogP contribution is 2.11. The van der Waals surface area contributed by atoms with E-state index in [2.05, 4.69) is 60.8 Å². The highest BCUT2D eigenvalue weighted by atomic mass is 14.9. The monoisotopic (exact) mass is 239 g/mol. The molecule has 0 aromatic heterocycles. The molecule has 18 heavy (non-hydrogen) atoms. The number of hydrogen-bond donors (Lipinski definition) is 1. The van der Waals surface area contributed by atoms with Gasteiger partial charge in [0, 0.05) is 12.2 Å². The van der Waals surface area contributed by atoms with Gasteiger partial charge in [-0.15, -0.1) is 0 Å². The summed E-state index contributed by atoms with van der Waals surface area (Å²) in [6.45, 7) is 3.12. The van der Waals surface area contributed by atoms with E-state index in [0.29, 0.717) is 0 Å². The van der Waals surface area contributed by atoms with Gasteiger partial charge in [0.15, 0.2) is 0 Å². The molecule has 0 saturated carbocycles. The Balaban J connectivity index is 1.86. The molecule has 0 bridgehead atoms. The average molecular weight is 239 g/mol. The lowest BCUT2D eigenvalue weighted by atomic mass is 10.1. The number of nitrogens with one attached hydrogen (secondary N) is 1. The molecule has 0 aliphatic heterocycles. The molecule has 0 fully saturated rings. The van der Waals surface area contributed by atoms with Crippen LogP contribution in [0.4, 0.5) is 5.69 Å². The summed E-state index contributed by atoms with van der Waals surface area (Å²) in [7, 11) is 0. The van der Waals surface area contributed by atoms with Crippen LogP contribution in [0, 0.1) is 0 Å². The second-order valence-electron chi connectivity index (χ2n) is 4.64. The summed E-state index contributed by atoms with van der Waals surface area (Å²) < 4.78 is 0. The zero-order valence-electron chi connectivity index (χ0n) is 11.0. The maximum atomic E-state index is 3.42. The first-order valence-electron chi connectivity index (χ1n) is 6.75. The molecule has 1 N–H and O–H groups in total. The van der Waals surface area contributed by atoms with Gasteiger partial charge in [-0.2, -0.15) is 0 Å². The molecule has 0 aliphatic carbocycles. The van der Waals surface area contributed by atoms with Crippen LogP contribution in [-0.4, -0.2) is 0 Å². The number of anilines is 1. The van der Waals surface area contributed by atoms with Crippen molar-refractivity contribution in [2.45, 2.75) is 32.7 Å². The van der Waals surface area contributed by atoms with E-state index in [1.165, 1.54) is 36.1 Å². The van der Waals surface area contributed by atoms with E-state index in [1.54, 1.807) is 0 Å². The lowest BCUT2D eigenvalue weighted by Crippen LogP contribution is -1.99. The molecular weight excluding hydrogens is 218 g/mol. The van der Waals surface area contributed by atoms with Gasteiger partial charge < -0.3 is 5.32 Å². The molecule has 0 amide bonds. The van der Waals surface area contributed by atoms with Gasteiger partial charge in [0.2, 0.25) is 0 Å². The third kappa shape index (κ3) is 3.92. The van der Waals surface area contributed by atoms with Crippen molar-refractivity contribution < 1.29 is 0 Å². The van der Waals surface area contributed by atoms with Crippen molar-refractivity contribution in [3.8, 4) is 0 Å². The van der Waals surface area contributed by atoms with E-state index in [4.69, 9.17) is 0 Å². The first-order valence-corrected chi connectivity index (χ1v) is 6.75. The van der Waals surface area contributed by atoms with E-state index in [0.717, 1.165) is 6.54 Å². The maximum Gasteiger partial charge on any atom is 0.0400 e. The highest BCUT2D eigenvalue weighted by molar-refractivity contribution is 5.43. The molecule has 0 spiro atoms. The smallest absolute Gasteiger partial charge is 0.0400 e. The summed E-state index contributed by atoms with van der Waals surface area (Å²) in [6.07, 6.45) is 3.74. The fourth-order valence-corrected chi connectivity index (χ4v) is 1.96. The molecule has 2 aromatic rings. The van der Waals surface area contributed by atoms with Gasteiger partial charge in [-0.1, -0.05) is 55.8 Å². The maximum absolute atomic E-state index is 3.42. The van der Waals surface area contributed by atoms with Crippen LogP contribution in [0.1, 0.15) is 30.9 Å². The predicted octanol–water partition coefficient (Wildman–Crippen LogP) is 4.64. The van der Waals surface area contributed by atoms with Crippen LogP contribution in [0.15, 0.2) is 54.6 Å². The Morgan fingerprint density at radius 3 is 2.17 bits per heavy atom. The van der Waals surface area contributed by atoms with Gasteiger partial charge in [0.25, 0.3) is 0 Å². The molecule has 0 heterocycles. The van der Waals surface area contributed by atoms with Crippen LogP contribution in [0.2, 0.25) is 0 Å². The Labute approximate surface area is 110 Å². The predicted molar refractivity (Wildman–Crippen MR) is 78.8 cm³/mol. The largest absolute Gasteiger partial charge is 0.381 e. The lowest BCUT2D eigenvalue weighted by molar-refractivity contribution is 0.794. The van der Waals surface area contributed by atoms with Gasteiger partial charge >= 0.3 is 0 Å². The van der Waals surface area contributed by atoms with Gasteiger partial charge in [0.05, 0.1) is 0 Å². The zero-order chi connectivity index (χ0) is 12.6. The summed E-state index contributed by atoms with van der Waals surface area (Å²) >= 11 is 0. The molecule has 0 atom stereocenters. The van der Waals surface area contributed by atoms with Crippen molar-refractivity contribution >= 4 is 5.69 Å². The zero-order valence-corrected chi connectivity index (χ0v) is 11.0. The normalized spacial score (nSPS) is 10.3. The number of hydrogen-bond acceptors (Lipinski definition) is 1. The fourth-order valence-electron chi connectivity index (χ4n) is 1.96. The Morgan fingerprint density at radius 2 is 1.50 bits per heavy atom. The van der Waals surface area contributed by atoms with Crippen molar-refractivity contribution in [1.29, 1.82) is 0 Å². The standard InChI is InChI=1S/C17H21N/c1-2-3-7-15-10-12-16(13-11-15)14-18-17-8-5-4-6-9-17/h4-6,8-13,18H,2-3,7,14H2,1H3. The Kier molecular flexibility index (Phi) is 4.83. The summed E-state index contributed by atoms with van der Waals surface area (Å²) in [6, 6.07) is 19.3. The van der Waals surface area contributed by atoms with Crippen molar-refractivity contribution in [3.05, 3.63) is 65.7 Å². The van der Waals surface area contributed by atoms with Crippen LogP contribution < -0.4 is 5.32 Å². The summed E-state index contributed by atoms with van der Waals surface area (Å²) in [5.41, 5.74) is 3.95. The van der Waals surface area contributed by atoms with Crippen molar-refractivity contribution in [2.75, 3.05) is 5.32 Å². The highest BCUT2D eigenvalue weighted by Gasteiger charge is 1.95. The van der Waals surface area contributed by atoms with Crippen molar-refractivity contribution in [2.24, 2.45) is 0 Å². The number of benzene rings is 2. The number of para-hydroxylation sites is 1. The van der Waals surface area contributed by atoms with Gasteiger partial charge in [-0.3, -0.25) is 0 Å². The summed E-state index contributed by atoms with van der Waals surface area (Å²) in [5, 5.41) is 3.42. The Hall–Kier alpha value is -1.76. The molecule has 0 radical (unpaired) electrons. The first-order chi connectivity index (χ1) is 8.88. The van der Waals surface area contributed by atoms with E-state index >= 15 is 0 Å². The number of unbranched alkanes of at least 4 members (excludes halogenated alkanes) is 1. The van der Waals surface area contributed by atoms with Crippen molar-refractivity contribution in [3.63, 3.8) is 0 Å². The van der Waals surface area contributed by atoms with E-state index in [1.807, 2.05) is 6.07 Å². The Bertz CT molecular complexity index is 445. The molecule has 0 aliphatic rings. The minimum Gasteiger partial charge on any atom is -0.381 e. The molecule has 0 unspecified atom stereocenters. The molecular formula is C17H21N. The van der Waals surface area contributed by atoms with Gasteiger partial charge in [-0.25, -0.2) is 0 Å². The second-order valence-corrected chi connectivity index (χ2v) is 4.64. The SMILES string of the molecule is CCCCc1ccc(CNc2ccccc2)cc1. The first kappa shape index (κ1) is 12.7. The fraction of sp³-hybridized carbons (Fsp3) is 0.294. The Morgan fingerprint density at radius 1 is 0.833 bits per heavy atom.